The van der Waals surface area contributed by atoms with E-state index in [9.17, 15) is 14.7 Å². The Morgan fingerprint density at radius 1 is 0.677 bits per heavy atom. The van der Waals surface area contributed by atoms with E-state index in [0.29, 0.717) is 19.4 Å². The molecule has 5 heteroatoms. The second kappa shape index (κ2) is 23.6. The van der Waals surface area contributed by atoms with E-state index in [1.165, 1.54) is 96.3 Å². The van der Waals surface area contributed by atoms with Gasteiger partial charge in [-0.15, -0.1) is 0 Å². The molecule has 4 N–H and O–H groups in total. The van der Waals surface area contributed by atoms with Crippen molar-refractivity contribution in [3.05, 3.63) is 0 Å². The Morgan fingerprint density at radius 2 is 1.10 bits per heavy atom. The van der Waals surface area contributed by atoms with Crippen LogP contribution in [-0.4, -0.2) is 29.6 Å². The molecule has 1 amide bonds. The summed E-state index contributed by atoms with van der Waals surface area (Å²) in [7, 11) is 0. The van der Waals surface area contributed by atoms with Crippen LogP contribution in [0.4, 0.5) is 0 Å². The Morgan fingerprint density at radius 3 is 1.48 bits per heavy atom. The number of nitrogens with one attached hydrogen (secondary N) is 1. The van der Waals surface area contributed by atoms with E-state index in [2.05, 4.69) is 12.2 Å². The van der Waals surface area contributed by atoms with Crippen LogP contribution in [0.1, 0.15) is 142 Å². The van der Waals surface area contributed by atoms with Crippen molar-refractivity contribution < 1.29 is 14.7 Å². The molecule has 0 fully saturated rings. The van der Waals surface area contributed by atoms with Gasteiger partial charge >= 0.3 is 5.97 Å². The van der Waals surface area contributed by atoms with Gasteiger partial charge in [-0.3, -0.25) is 4.79 Å². The largest absolute Gasteiger partial charge is 0.480 e. The van der Waals surface area contributed by atoms with E-state index < -0.39 is 12.0 Å². The molecule has 0 bridgehead atoms. The average molecular weight is 441 g/mol. The van der Waals surface area contributed by atoms with Crippen molar-refractivity contribution in [1.82, 2.24) is 5.32 Å². The van der Waals surface area contributed by atoms with E-state index >= 15 is 0 Å². The molecule has 1 atom stereocenters. The number of amides is 1. The number of carbonyl (C=O) groups is 2. The molecule has 0 unspecified atom stereocenters. The summed E-state index contributed by atoms with van der Waals surface area (Å²) in [6.07, 6.45) is 24.8. The first-order valence-corrected chi connectivity index (χ1v) is 13.3. The minimum absolute atomic E-state index is 0.138. The number of carboxylic acid groups (broad SMARTS) is 1. The Kier molecular flexibility index (Phi) is 22.7. The molecule has 0 aliphatic rings. The summed E-state index contributed by atoms with van der Waals surface area (Å²) in [5, 5.41) is 11.8. The number of hydrogen-bond donors (Lipinski definition) is 3. The second-order valence-corrected chi connectivity index (χ2v) is 9.15. The van der Waals surface area contributed by atoms with Crippen LogP contribution < -0.4 is 11.1 Å². The summed E-state index contributed by atoms with van der Waals surface area (Å²) in [4.78, 5) is 23.2. The van der Waals surface area contributed by atoms with Crippen LogP contribution in [0.25, 0.3) is 0 Å². The molecule has 0 aromatic carbocycles. The lowest BCUT2D eigenvalue weighted by atomic mass is 10.0. The molecule has 0 spiro atoms. The summed E-state index contributed by atoms with van der Waals surface area (Å²) in [5.41, 5.74) is 5.43. The molecule has 0 aliphatic heterocycles. The van der Waals surface area contributed by atoms with Crippen molar-refractivity contribution in [3.63, 3.8) is 0 Å². The monoisotopic (exact) mass is 440 g/mol. The smallest absolute Gasteiger partial charge is 0.326 e. The number of carboxylic acids is 1. The summed E-state index contributed by atoms with van der Waals surface area (Å²) >= 11 is 0. The van der Waals surface area contributed by atoms with Crippen LogP contribution in [0.2, 0.25) is 0 Å². The van der Waals surface area contributed by atoms with Gasteiger partial charge in [-0.05, 0) is 32.2 Å². The van der Waals surface area contributed by atoms with Gasteiger partial charge in [0.1, 0.15) is 6.04 Å². The van der Waals surface area contributed by atoms with Gasteiger partial charge in [0.2, 0.25) is 5.91 Å². The number of carbonyl (C=O) groups excluding carboxylic acids is 1. The number of hydrogen-bond acceptors (Lipinski definition) is 3. The molecule has 0 rings (SSSR count). The Bertz CT molecular complexity index is 415. The minimum Gasteiger partial charge on any atom is -0.480 e. The molecule has 0 heterocycles. The SMILES string of the molecule is CCCCCCCCCCCCCCCCCCCC(=O)N[C@@H](CCCCN)C(=O)O. The highest BCUT2D eigenvalue weighted by Gasteiger charge is 2.18. The lowest BCUT2D eigenvalue weighted by molar-refractivity contribution is -0.142. The van der Waals surface area contributed by atoms with E-state index in [1.807, 2.05) is 0 Å². The van der Waals surface area contributed by atoms with Crippen molar-refractivity contribution in [2.24, 2.45) is 5.73 Å². The molecule has 5 nitrogen and oxygen atoms in total. The first kappa shape index (κ1) is 29.9. The quantitative estimate of drug-likeness (QED) is 0.145. The van der Waals surface area contributed by atoms with Gasteiger partial charge in [0.05, 0.1) is 0 Å². The fourth-order valence-corrected chi connectivity index (χ4v) is 4.03. The highest BCUT2D eigenvalue weighted by atomic mass is 16.4. The van der Waals surface area contributed by atoms with Gasteiger partial charge in [-0.2, -0.15) is 0 Å². The highest BCUT2D eigenvalue weighted by Crippen LogP contribution is 2.14. The summed E-state index contributed by atoms with van der Waals surface area (Å²) in [5.74, 6) is -1.09. The van der Waals surface area contributed by atoms with Crippen LogP contribution >= 0.6 is 0 Å². The number of aliphatic carboxylic acids is 1. The number of nitrogens with two attached hydrogens (primary N) is 1. The topological polar surface area (TPSA) is 92.4 Å². The van der Waals surface area contributed by atoms with Crippen molar-refractivity contribution in [3.8, 4) is 0 Å². The van der Waals surface area contributed by atoms with Crippen molar-refractivity contribution in [1.29, 1.82) is 0 Å². The van der Waals surface area contributed by atoms with Crippen LogP contribution in [0.15, 0.2) is 0 Å². The normalized spacial score (nSPS) is 12.1. The first-order chi connectivity index (χ1) is 15.1. The Labute approximate surface area is 192 Å². The zero-order valence-corrected chi connectivity index (χ0v) is 20.5. The van der Waals surface area contributed by atoms with E-state index in [-0.39, 0.29) is 5.91 Å². The molecule has 0 radical (unpaired) electrons. The van der Waals surface area contributed by atoms with Gasteiger partial charge in [-0.1, -0.05) is 110 Å². The molecule has 0 saturated carbocycles. The summed E-state index contributed by atoms with van der Waals surface area (Å²) in [6.45, 7) is 2.83. The van der Waals surface area contributed by atoms with E-state index in [1.54, 1.807) is 0 Å². The highest BCUT2D eigenvalue weighted by molar-refractivity contribution is 5.83. The van der Waals surface area contributed by atoms with Crippen molar-refractivity contribution >= 4 is 11.9 Å². The van der Waals surface area contributed by atoms with Crippen LogP contribution in [-0.2, 0) is 9.59 Å². The molecule has 0 aromatic heterocycles. The maximum Gasteiger partial charge on any atom is 0.326 e. The molecule has 31 heavy (non-hydrogen) atoms. The van der Waals surface area contributed by atoms with Gasteiger partial charge in [0.15, 0.2) is 0 Å². The maximum absolute atomic E-state index is 12.0. The maximum atomic E-state index is 12.0. The zero-order chi connectivity index (χ0) is 23.0. The molecular weight excluding hydrogens is 388 g/mol. The standard InChI is InChI=1S/C26H52N2O3/c1-2-3-4-5-6-7-8-9-10-11-12-13-14-15-16-17-18-22-25(29)28-24(26(30)31)21-19-20-23-27/h24H,2-23,27H2,1H3,(H,28,29)(H,30,31)/t24-/m0/s1. The number of unbranched alkanes of at least 4 members (excludes halogenated alkanes) is 17. The Hall–Kier alpha value is -1.10. The van der Waals surface area contributed by atoms with E-state index in [0.717, 1.165) is 25.7 Å². The third-order valence-corrected chi connectivity index (χ3v) is 6.09. The van der Waals surface area contributed by atoms with Gasteiger partial charge < -0.3 is 16.2 Å². The van der Waals surface area contributed by atoms with Crippen LogP contribution in [0.3, 0.4) is 0 Å². The molecule has 184 valence electrons. The fraction of sp³-hybridized carbons (Fsp3) is 0.923. The molecule has 0 saturated heterocycles. The van der Waals surface area contributed by atoms with Gasteiger partial charge in [-0.25, -0.2) is 4.79 Å². The summed E-state index contributed by atoms with van der Waals surface area (Å²) < 4.78 is 0. The lowest BCUT2D eigenvalue weighted by Crippen LogP contribution is -2.40. The van der Waals surface area contributed by atoms with Crippen LogP contribution in [0, 0.1) is 0 Å². The van der Waals surface area contributed by atoms with Gasteiger partial charge in [0, 0.05) is 6.42 Å². The second-order valence-electron chi connectivity index (χ2n) is 9.15. The fourth-order valence-electron chi connectivity index (χ4n) is 4.03. The predicted molar refractivity (Wildman–Crippen MR) is 131 cm³/mol. The van der Waals surface area contributed by atoms with Crippen molar-refractivity contribution in [2.45, 2.75) is 148 Å². The molecule has 0 aromatic rings. The minimum atomic E-state index is -0.951. The number of rotatable bonds is 24. The Balaban J connectivity index is 3.38. The van der Waals surface area contributed by atoms with Gasteiger partial charge in [0.25, 0.3) is 0 Å². The third kappa shape index (κ3) is 21.9. The first-order valence-electron chi connectivity index (χ1n) is 13.3. The molecule has 0 aliphatic carbocycles. The van der Waals surface area contributed by atoms with E-state index in [4.69, 9.17) is 5.73 Å². The average Bonchev–Trinajstić information content (AvgIpc) is 2.75. The lowest BCUT2D eigenvalue weighted by Gasteiger charge is -2.14. The summed E-state index contributed by atoms with van der Waals surface area (Å²) in [6, 6.07) is -0.773. The van der Waals surface area contributed by atoms with Crippen LogP contribution in [0.5, 0.6) is 0 Å². The molecular formula is C26H52N2O3. The van der Waals surface area contributed by atoms with Crippen molar-refractivity contribution in [2.75, 3.05) is 6.54 Å². The zero-order valence-electron chi connectivity index (χ0n) is 20.5. The predicted octanol–water partition coefficient (Wildman–Crippen LogP) is 6.73. The third-order valence-electron chi connectivity index (χ3n) is 6.09.